The molecule has 4 aromatic rings. The summed E-state index contributed by atoms with van der Waals surface area (Å²) in [4.78, 5) is 9.35. The minimum atomic E-state index is 0.184. The predicted molar refractivity (Wildman–Crippen MR) is 102 cm³/mol. The van der Waals surface area contributed by atoms with Crippen molar-refractivity contribution in [3.8, 4) is 11.4 Å². The largest absolute Gasteiger partial charge is 0.507 e. The quantitative estimate of drug-likeness (QED) is 0.516. The number of nitrogens with zero attached hydrogens (tertiary/aromatic N) is 2. The number of benzene rings is 3. The topological polar surface area (TPSA) is 46.0 Å². The van der Waals surface area contributed by atoms with Crippen LogP contribution in [0.5, 0.6) is 0 Å². The van der Waals surface area contributed by atoms with Crippen molar-refractivity contribution < 1.29 is 5.11 Å². The van der Waals surface area contributed by atoms with Crippen LogP contribution in [0.4, 0.5) is 0 Å². The van der Waals surface area contributed by atoms with Gasteiger partial charge in [-0.1, -0.05) is 78.9 Å². The molecular formula is C22H16N2O. The molecule has 120 valence electrons. The highest BCUT2D eigenvalue weighted by atomic mass is 16.3. The van der Waals surface area contributed by atoms with Crippen LogP contribution >= 0.6 is 0 Å². The molecule has 1 N–H and O–H groups in total. The third-order valence-corrected chi connectivity index (χ3v) is 4.01. The molecule has 0 aliphatic rings. The molecule has 0 saturated carbocycles. The SMILES string of the molecule is O/C(=C\c1nc(-c2ccccc2)nc2ccccc12)c1ccccc1. The average Bonchev–Trinajstić information content (AvgIpc) is 2.69. The molecule has 0 bridgehead atoms. The van der Waals surface area contributed by atoms with Crippen molar-refractivity contribution >= 4 is 22.7 Å². The van der Waals surface area contributed by atoms with Crippen LogP contribution in [0.1, 0.15) is 11.3 Å². The van der Waals surface area contributed by atoms with Crippen molar-refractivity contribution in [1.29, 1.82) is 0 Å². The van der Waals surface area contributed by atoms with Crippen LogP contribution in [0.3, 0.4) is 0 Å². The van der Waals surface area contributed by atoms with Gasteiger partial charge in [0.2, 0.25) is 0 Å². The van der Waals surface area contributed by atoms with Crippen LogP contribution < -0.4 is 0 Å². The molecule has 4 rings (SSSR count). The first-order chi connectivity index (χ1) is 12.3. The van der Waals surface area contributed by atoms with Gasteiger partial charge in [-0.15, -0.1) is 0 Å². The lowest BCUT2D eigenvalue weighted by atomic mass is 10.1. The summed E-state index contributed by atoms with van der Waals surface area (Å²) in [7, 11) is 0. The Bertz CT molecular complexity index is 1040. The normalized spacial score (nSPS) is 11.6. The van der Waals surface area contributed by atoms with E-state index in [9.17, 15) is 5.11 Å². The molecule has 1 aromatic heterocycles. The molecule has 0 spiro atoms. The molecule has 0 aliphatic heterocycles. The van der Waals surface area contributed by atoms with Crippen LogP contribution in [0.2, 0.25) is 0 Å². The van der Waals surface area contributed by atoms with Crippen molar-refractivity contribution in [2.45, 2.75) is 0 Å². The number of hydrogen-bond acceptors (Lipinski definition) is 3. The zero-order chi connectivity index (χ0) is 17.1. The standard InChI is InChI=1S/C22H16N2O/c25-21(16-9-3-1-4-10-16)15-20-18-13-7-8-14-19(18)23-22(24-20)17-11-5-2-6-12-17/h1-15,25H/b21-15-. The molecule has 1 heterocycles. The van der Waals surface area contributed by atoms with Crippen LogP contribution in [-0.2, 0) is 0 Å². The summed E-state index contributed by atoms with van der Waals surface area (Å²) in [6, 6.07) is 27.1. The maximum absolute atomic E-state index is 10.5. The van der Waals surface area contributed by atoms with Crippen molar-refractivity contribution in [3.63, 3.8) is 0 Å². The fourth-order valence-corrected chi connectivity index (χ4v) is 2.75. The van der Waals surface area contributed by atoms with Crippen LogP contribution in [-0.4, -0.2) is 15.1 Å². The van der Waals surface area contributed by atoms with Gasteiger partial charge in [0.15, 0.2) is 5.82 Å². The van der Waals surface area contributed by atoms with E-state index < -0.39 is 0 Å². The summed E-state index contributed by atoms with van der Waals surface area (Å²) in [5, 5.41) is 11.4. The number of fused-ring (bicyclic) bond motifs is 1. The lowest BCUT2D eigenvalue weighted by Gasteiger charge is -2.07. The van der Waals surface area contributed by atoms with Gasteiger partial charge >= 0.3 is 0 Å². The van der Waals surface area contributed by atoms with E-state index in [0.29, 0.717) is 11.5 Å². The monoisotopic (exact) mass is 324 g/mol. The number of aliphatic hydroxyl groups excluding tert-OH is 1. The molecule has 0 atom stereocenters. The Hall–Kier alpha value is -3.46. The average molecular weight is 324 g/mol. The molecule has 0 unspecified atom stereocenters. The first kappa shape index (κ1) is 15.1. The van der Waals surface area contributed by atoms with Crippen molar-refractivity contribution in [1.82, 2.24) is 9.97 Å². The van der Waals surface area contributed by atoms with Gasteiger partial charge in [0.05, 0.1) is 11.2 Å². The highest BCUT2D eigenvalue weighted by molar-refractivity contribution is 5.91. The Morgan fingerprint density at radius 1 is 0.720 bits per heavy atom. The zero-order valence-corrected chi connectivity index (χ0v) is 13.5. The first-order valence-electron chi connectivity index (χ1n) is 8.09. The Morgan fingerprint density at radius 2 is 1.36 bits per heavy atom. The van der Waals surface area contributed by atoms with E-state index >= 15 is 0 Å². The summed E-state index contributed by atoms with van der Waals surface area (Å²) >= 11 is 0. The molecule has 0 fully saturated rings. The lowest BCUT2D eigenvalue weighted by Crippen LogP contribution is -1.95. The third kappa shape index (κ3) is 3.12. The number of aliphatic hydroxyl groups is 1. The molecule has 0 amide bonds. The second-order valence-electron chi connectivity index (χ2n) is 5.71. The van der Waals surface area contributed by atoms with Crippen molar-refractivity contribution in [3.05, 3.63) is 96.2 Å². The van der Waals surface area contributed by atoms with E-state index in [0.717, 1.165) is 22.0 Å². The van der Waals surface area contributed by atoms with Gasteiger partial charge in [0.25, 0.3) is 0 Å². The zero-order valence-electron chi connectivity index (χ0n) is 13.5. The first-order valence-corrected chi connectivity index (χ1v) is 8.09. The Labute approximate surface area is 146 Å². The van der Waals surface area contributed by atoms with E-state index in [1.54, 1.807) is 6.08 Å². The van der Waals surface area contributed by atoms with E-state index in [1.165, 1.54) is 0 Å². The van der Waals surface area contributed by atoms with E-state index in [2.05, 4.69) is 9.97 Å². The molecular weight excluding hydrogens is 308 g/mol. The van der Waals surface area contributed by atoms with Gasteiger partial charge < -0.3 is 5.11 Å². The number of rotatable bonds is 3. The van der Waals surface area contributed by atoms with Gasteiger partial charge in [0, 0.05) is 22.6 Å². The highest BCUT2D eigenvalue weighted by Gasteiger charge is 2.09. The van der Waals surface area contributed by atoms with Crippen LogP contribution in [0, 0.1) is 0 Å². The number of hydrogen-bond donors (Lipinski definition) is 1. The lowest BCUT2D eigenvalue weighted by molar-refractivity contribution is 0.515. The third-order valence-electron chi connectivity index (χ3n) is 4.01. The summed E-state index contributed by atoms with van der Waals surface area (Å²) in [5.74, 6) is 0.829. The Morgan fingerprint density at radius 3 is 2.12 bits per heavy atom. The fraction of sp³-hybridized carbons (Fsp3) is 0. The minimum absolute atomic E-state index is 0.184. The predicted octanol–water partition coefficient (Wildman–Crippen LogP) is 5.35. The second kappa shape index (κ2) is 6.57. The molecule has 3 nitrogen and oxygen atoms in total. The molecule has 0 aliphatic carbocycles. The minimum Gasteiger partial charge on any atom is -0.507 e. The maximum Gasteiger partial charge on any atom is 0.160 e. The van der Waals surface area contributed by atoms with Crippen LogP contribution in [0.25, 0.3) is 34.1 Å². The smallest absolute Gasteiger partial charge is 0.160 e. The van der Waals surface area contributed by atoms with E-state index in [1.807, 2.05) is 84.9 Å². The molecule has 3 heteroatoms. The summed E-state index contributed by atoms with van der Waals surface area (Å²) < 4.78 is 0. The number of aromatic nitrogens is 2. The van der Waals surface area contributed by atoms with E-state index in [-0.39, 0.29) is 5.76 Å². The van der Waals surface area contributed by atoms with Crippen LogP contribution in [0.15, 0.2) is 84.9 Å². The Balaban J connectivity index is 1.90. The molecule has 3 aromatic carbocycles. The summed E-state index contributed by atoms with van der Waals surface area (Å²) in [6.07, 6.45) is 1.70. The van der Waals surface area contributed by atoms with Crippen molar-refractivity contribution in [2.75, 3.05) is 0 Å². The fourth-order valence-electron chi connectivity index (χ4n) is 2.75. The summed E-state index contributed by atoms with van der Waals surface area (Å²) in [5.41, 5.74) is 3.25. The number of para-hydroxylation sites is 1. The van der Waals surface area contributed by atoms with E-state index in [4.69, 9.17) is 0 Å². The van der Waals surface area contributed by atoms with Gasteiger partial charge in [-0.2, -0.15) is 0 Å². The molecule has 0 saturated heterocycles. The Kier molecular flexibility index (Phi) is 3.97. The molecule has 25 heavy (non-hydrogen) atoms. The van der Waals surface area contributed by atoms with Gasteiger partial charge in [-0.3, -0.25) is 0 Å². The summed E-state index contributed by atoms with van der Waals surface area (Å²) in [6.45, 7) is 0. The maximum atomic E-state index is 10.5. The highest BCUT2D eigenvalue weighted by Crippen LogP contribution is 2.24. The molecule has 0 radical (unpaired) electrons. The second-order valence-corrected chi connectivity index (χ2v) is 5.71. The van der Waals surface area contributed by atoms with Gasteiger partial charge in [0.1, 0.15) is 5.76 Å². The van der Waals surface area contributed by atoms with Crippen molar-refractivity contribution in [2.24, 2.45) is 0 Å². The van der Waals surface area contributed by atoms with Gasteiger partial charge in [-0.25, -0.2) is 9.97 Å². The van der Waals surface area contributed by atoms with Gasteiger partial charge in [-0.05, 0) is 6.07 Å².